The van der Waals surface area contributed by atoms with Gasteiger partial charge in [-0.15, -0.1) is 0 Å². The first-order valence-electron chi connectivity index (χ1n) is 6.98. The van der Waals surface area contributed by atoms with E-state index in [0.717, 1.165) is 30.8 Å². The van der Waals surface area contributed by atoms with Gasteiger partial charge >= 0.3 is 5.97 Å². The molecule has 2 heterocycles. The summed E-state index contributed by atoms with van der Waals surface area (Å²) in [7, 11) is 1.34. The van der Waals surface area contributed by atoms with E-state index in [1.54, 1.807) is 6.07 Å². The topological polar surface area (TPSA) is 69.3 Å². The predicted molar refractivity (Wildman–Crippen MR) is 78.1 cm³/mol. The number of aryl methyl sites for hydroxylation is 3. The largest absolute Gasteiger partial charge is 0.463 e. The van der Waals surface area contributed by atoms with Gasteiger partial charge in [0.2, 0.25) is 5.76 Å². The second-order valence-electron chi connectivity index (χ2n) is 4.95. The van der Waals surface area contributed by atoms with Crippen molar-refractivity contribution in [3.63, 3.8) is 0 Å². The fourth-order valence-electron chi connectivity index (χ4n) is 2.22. The lowest BCUT2D eigenvalue weighted by atomic mass is 10.2. The maximum absolute atomic E-state index is 11.5. The maximum atomic E-state index is 11.5. The SMILES string of the molecule is COC(=O)c1occc1CNCCCn1nc(C)cc1C. The van der Waals surface area contributed by atoms with Crippen molar-refractivity contribution >= 4 is 5.97 Å². The van der Waals surface area contributed by atoms with Crippen LogP contribution in [0.1, 0.15) is 33.9 Å². The fourth-order valence-corrected chi connectivity index (χ4v) is 2.22. The molecule has 2 aromatic rings. The third kappa shape index (κ3) is 3.95. The van der Waals surface area contributed by atoms with Crippen LogP contribution >= 0.6 is 0 Å². The van der Waals surface area contributed by atoms with Crippen LogP contribution in [0.4, 0.5) is 0 Å². The minimum absolute atomic E-state index is 0.267. The van der Waals surface area contributed by atoms with Gasteiger partial charge < -0.3 is 14.5 Å². The van der Waals surface area contributed by atoms with E-state index in [1.807, 2.05) is 11.6 Å². The molecule has 0 saturated heterocycles. The molecule has 0 amide bonds. The summed E-state index contributed by atoms with van der Waals surface area (Å²) in [5, 5.41) is 7.71. The molecule has 0 atom stereocenters. The Hall–Kier alpha value is -2.08. The van der Waals surface area contributed by atoms with Gasteiger partial charge in [-0.1, -0.05) is 0 Å². The number of furan rings is 1. The van der Waals surface area contributed by atoms with E-state index < -0.39 is 5.97 Å². The summed E-state index contributed by atoms with van der Waals surface area (Å²) in [5.41, 5.74) is 3.03. The van der Waals surface area contributed by atoms with E-state index in [9.17, 15) is 4.79 Å². The van der Waals surface area contributed by atoms with Crippen LogP contribution in [-0.4, -0.2) is 29.4 Å². The summed E-state index contributed by atoms with van der Waals surface area (Å²) in [4.78, 5) is 11.5. The molecule has 0 spiro atoms. The molecule has 6 nitrogen and oxygen atoms in total. The Kier molecular flexibility index (Phi) is 5.16. The van der Waals surface area contributed by atoms with Crippen molar-refractivity contribution in [2.24, 2.45) is 0 Å². The lowest BCUT2D eigenvalue weighted by Crippen LogP contribution is -2.18. The van der Waals surface area contributed by atoms with Crippen molar-refractivity contribution < 1.29 is 13.9 Å². The van der Waals surface area contributed by atoms with Crippen molar-refractivity contribution in [2.75, 3.05) is 13.7 Å². The van der Waals surface area contributed by atoms with E-state index >= 15 is 0 Å². The molecule has 0 aliphatic carbocycles. The summed E-state index contributed by atoms with van der Waals surface area (Å²) >= 11 is 0. The van der Waals surface area contributed by atoms with Crippen LogP contribution in [0.25, 0.3) is 0 Å². The maximum Gasteiger partial charge on any atom is 0.374 e. The first kappa shape index (κ1) is 15.3. The molecule has 1 N–H and O–H groups in total. The monoisotopic (exact) mass is 291 g/mol. The van der Waals surface area contributed by atoms with Gasteiger partial charge in [-0.05, 0) is 38.9 Å². The van der Waals surface area contributed by atoms with Gasteiger partial charge in [0, 0.05) is 24.3 Å². The van der Waals surface area contributed by atoms with E-state index in [1.165, 1.54) is 19.1 Å². The van der Waals surface area contributed by atoms with Crippen molar-refractivity contribution in [2.45, 2.75) is 33.4 Å². The summed E-state index contributed by atoms with van der Waals surface area (Å²) in [6.45, 7) is 6.35. The normalized spacial score (nSPS) is 10.8. The molecular weight excluding hydrogens is 270 g/mol. The van der Waals surface area contributed by atoms with Crippen molar-refractivity contribution in [3.8, 4) is 0 Å². The molecule has 2 aromatic heterocycles. The smallest absolute Gasteiger partial charge is 0.374 e. The summed E-state index contributed by atoms with van der Waals surface area (Å²) in [6, 6.07) is 3.85. The number of hydrogen-bond acceptors (Lipinski definition) is 5. The number of esters is 1. The average Bonchev–Trinajstić information content (AvgIpc) is 3.04. The predicted octanol–water partition coefficient (Wildman–Crippen LogP) is 2.06. The van der Waals surface area contributed by atoms with Crippen LogP contribution < -0.4 is 5.32 Å². The Labute approximate surface area is 124 Å². The highest BCUT2D eigenvalue weighted by molar-refractivity contribution is 5.87. The van der Waals surface area contributed by atoms with E-state index in [-0.39, 0.29) is 5.76 Å². The zero-order valence-electron chi connectivity index (χ0n) is 12.7. The third-order valence-corrected chi connectivity index (χ3v) is 3.26. The lowest BCUT2D eigenvalue weighted by molar-refractivity contribution is 0.0563. The number of aromatic nitrogens is 2. The minimum Gasteiger partial charge on any atom is -0.463 e. The third-order valence-electron chi connectivity index (χ3n) is 3.26. The Morgan fingerprint density at radius 3 is 2.95 bits per heavy atom. The van der Waals surface area contributed by atoms with Crippen molar-refractivity contribution in [1.29, 1.82) is 0 Å². The van der Waals surface area contributed by atoms with Gasteiger partial charge in [-0.3, -0.25) is 4.68 Å². The summed E-state index contributed by atoms with van der Waals surface area (Å²) < 4.78 is 11.8. The molecule has 6 heteroatoms. The zero-order chi connectivity index (χ0) is 15.2. The molecule has 0 saturated carbocycles. The second-order valence-corrected chi connectivity index (χ2v) is 4.95. The quantitative estimate of drug-likeness (QED) is 0.624. The molecule has 114 valence electrons. The molecule has 21 heavy (non-hydrogen) atoms. The Bertz CT molecular complexity index is 601. The van der Waals surface area contributed by atoms with Gasteiger partial charge in [0.05, 0.1) is 19.1 Å². The van der Waals surface area contributed by atoms with Crippen LogP contribution in [-0.2, 0) is 17.8 Å². The van der Waals surface area contributed by atoms with E-state index in [2.05, 4.69) is 28.1 Å². The molecule has 0 radical (unpaired) electrons. The molecule has 0 aliphatic rings. The number of nitrogens with zero attached hydrogens (tertiary/aromatic N) is 2. The molecule has 0 aliphatic heterocycles. The number of carbonyl (C=O) groups is 1. The number of nitrogens with one attached hydrogen (secondary N) is 1. The van der Waals surface area contributed by atoms with Gasteiger partial charge in [-0.25, -0.2) is 4.79 Å². The molecule has 0 fully saturated rings. The first-order valence-corrected chi connectivity index (χ1v) is 6.98. The minimum atomic E-state index is -0.445. The van der Waals surface area contributed by atoms with Gasteiger partial charge in [0.25, 0.3) is 0 Å². The van der Waals surface area contributed by atoms with E-state index in [0.29, 0.717) is 6.54 Å². The highest BCUT2D eigenvalue weighted by Gasteiger charge is 2.14. The first-order chi connectivity index (χ1) is 10.1. The fraction of sp³-hybridized carbons (Fsp3) is 0.467. The van der Waals surface area contributed by atoms with Crippen LogP contribution in [0.15, 0.2) is 22.8 Å². The molecule has 0 aromatic carbocycles. The molecular formula is C15H21N3O3. The average molecular weight is 291 g/mol. The number of ether oxygens (including phenoxy) is 1. The van der Waals surface area contributed by atoms with Crippen LogP contribution in [0.2, 0.25) is 0 Å². The second kappa shape index (κ2) is 7.08. The molecule has 0 unspecified atom stereocenters. The van der Waals surface area contributed by atoms with Gasteiger partial charge in [0.1, 0.15) is 0 Å². The van der Waals surface area contributed by atoms with E-state index in [4.69, 9.17) is 4.42 Å². The van der Waals surface area contributed by atoms with Crippen molar-refractivity contribution in [1.82, 2.24) is 15.1 Å². The highest BCUT2D eigenvalue weighted by Crippen LogP contribution is 2.11. The molecule has 0 bridgehead atoms. The van der Waals surface area contributed by atoms with Crippen LogP contribution in [0.5, 0.6) is 0 Å². The Morgan fingerprint density at radius 2 is 2.29 bits per heavy atom. The number of hydrogen-bond donors (Lipinski definition) is 1. The highest BCUT2D eigenvalue weighted by atomic mass is 16.5. The summed E-state index contributed by atoms with van der Waals surface area (Å²) in [5.74, 6) is -0.178. The Balaban J connectivity index is 1.74. The number of rotatable bonds is 7. The number of carbonyl (C=O) groups excluding carboxylic acids is 1. The lowest BCUT2D eigenvalue weighted by Gasteiger charge is -2.06. The van der Waals surface area contributed by atoms with Crippen LogP contribution in [0, 0.1) is 13.8 Å². The summed E-state index contributed by atoms with van der Waals surface area (Å²) in [6.07, 6.45) is 2.46. The van der Waals surface area contributed by atoms with Gasteiger partial charge in [0.15, 0.2) is 0 Å². The van der Waals surface area contributed by atoms with Crippen LogP contribution in [0.3, 0.4) is 0 Å². The molecule has 2 rings (SSSR count). The standard InChI is InChI=1S/C15H21N3O3/c1-11-9-12(2)18(17-11)7-4-6-16-10-13-5-8-21-14(13)15(19)20-3/h5,8-9,16H,4,6-7,10H2,1-3H3. The zero-order valence-corrected chi connectivity index (χ0v) is 12.7. The Morgan fingerprint density at radius 1 is 1.48 bits per heavy atom. The van der Waals surface area contributed by atoms with Crippen molar-refractivity contribution in [3.05, 3.63) is 41.1 Å². The van der Waals surface area contributed by atoms with Gasteiger partial charge in [-0.2, -0.15) is 5.10 Å². The number of methoxy groups -OCH3 is 1.